The highest BCUT2D eigenvalue weighted by molar-refractivity contribution is 5.36. The van der Waals surface area contributed by atoms with Gasteiger partial charge in [0.1, 0.15) is 6.33 Å². The first-order valence-corrected chi connectivity index (χ1v) is 6.77. The predicted octanol–water partition coefficient (Wildman–Crippen LogP) is 0.848. The van der Waals surface area contributed by atoms with Crippen LogP contribution in [0.15, 0.2) is 18.7 Å². The molecule has 0 saturated carbocycles. The van der Waals surface area contributed by atoms with Crippen molar-refractivity contribution in [2.24, 2.45) is 5.41 Å². The average Bonchev–Trinajstić information content (AvgIpc) is 2.90. The molecule has 0 bridgehead atoms. The molecule has 21 heavy (non-hydrogen) atoms. The molecule has 1 unspecified atom stereocenters. The molecule has 4 N–H and O–H groups in total. The minimum absolute atomic E-state index is 0.0138. The number of aliphatic hydroxyl groups is 1. The third-order valence-corrected chi connectivity index (χ3v) is 3.14. The lowest BCUT2D eigenvalue weighted by Gasteiger charge is -2.31. The molecule has 0 aromatic carbocycles. The van der Waals surface area contributed by atoms with Crippen molar-refractivity contribution in [3.8, 4) is 5.95 Å². The van der Waals surface area contributed by atoms with Crippen molar-refractivity contribution in [3.63, 3.8) is 0 Å². The van der Waals surface area contributed by atoms with E-state index in [4.69, 9.17) is 5.73 Å². The van der Waals surface area contributed by atoms with Crippen LogP contribution in [0.25, 0.3) is 5.95 Å². The van der Waals surface area contributed by atoms with E-state index in [-0.39, 0.29) is 24.0 Å². The lowest BCUT2D eigenvalue weighted by molar-refractivity contribution is 0.235. The SMILES string of the molecule is CC(C)(C)C(CCO)Nc1nc(N)nc(-n2ccnc2)n1. The Morgan fingerprint density at radius 2 is 2.10 bits per heavy atom. The van der Waals surface area contributed by atoms with Gasteiger partial charge in [0.2, 0.25) is 17.8 Å². The molecule has 2 rings (SSSR count). The molecule has 114 valence electrons. The number of nitrogen functional groups attached to an aromatic ring is 1. The van der Waals surface area contributed by atoms with Gasteiger partial charge in [0.05, 0.1) is 0 Å². The summed E-state index contributed by atoms with van der Waals surface area (Å²) in [5.74, 6) is 0.923. The van der Waals surface area contributed by atoms with E-state index in [0.717, 1.165) is 0 Å². The monoisotopic (exact) mass is 291 g/mol. The third-order valence-electron chi connectivity index (χ3n) is 3.14. The van der Waals surface area contributed by atoms with Crippen molar-refractivity contribution >= 4 is 11.9 Å². The van der Waals surface area contributed by atoms with Crippen LogP contribution in [0, 0.1) is 5.41 Å². The van der Waals surface area contributed by atoms with Gasteiger partial charge in [-0.25, -0.2) is 4.98 Å². The van der Waals surface area contributed by atoms with E-state index in [2.05, 4.69) is 46.0 Å². The van der Waals surface area contributed by atoms with Crippen LogP contribution < -0.4 is 11.1 Å². The molecular formula is C13H21N7O. The summed E-state index contributed by atoms with van der Waals surface area (Å²) in [5, 5.41) is 12.4. The van der Waals surface area contributed by atoms with Gasteiger partial charge in [0.25, 0.3) is 0 Å². The van der Waals surface area contributed by atoms with E-state index in [1.54, 1.807) is 23.3 Å². The second-order valence-electron chi connectivity index (χ2n) is 5.86. The smallest absolute Gasteiger partial charge is 0.241 e. The first-order chi connectivity index (χ1) is 9.90. The molecule has 0 fully saturated rings. The number of anilines is 2. The number of aliphatic hydroxyl groups excluding tert-OH is 1. The van der Waals surface area contributed by atoms with Crippen molar-refractivity contribution in [2.45, 2.75) is 33.2 Å². The van der Waals surface area contributed by atoms with Gasteiger partial charge in [-0.1, -0.05) is 20.8 Å². The molecule has 0 aliphatic carbocycles. The van der Waals surface area contributed by atoms with Gasteiger partial charge in [0, 0.05) is 25.0 Å². The number of aromatic nitrogens is 5. The van der Waals surface area contributed by atoms with Gasteiger partial charge in [0.15, 0.2) is 0 Å². The van der Waals surface area contributed by atoms with Gasteiger partial charge in [-0.2, -0.15) is 15.0 Å². The zero-order valence-corrected chi connectivity index (χ0v) is 12.5. The zero-order valence-electron chi connectivity index (χ0n) is 12.5. The summed E-state index contributed by atoms with van der Waals surface area (Å²) in [6.45, 7) is 6.34. The largest absolute Gasteiger partial charge is 0.396 e. The molecule has 2 heterocycles. The first kappa shape index (κ1) is 15.2. The topological polar surface area (TPSA) is 115 Å². The van der Waals surface area contributed by atoms with E-state index in [1.165, 1.54) is 0 Å². The van der Waals surface area contributed by atoms with Crippen molar-refractivity contribution in [1.82, 2.24) is 24.5 Å². The highest BCUT2D eigenvalue weighted by Crippen LogP contribution is 2.24. The second-order valence-corrected chi connectivity index (χ2v) is 5.86. The van der Waals surface area contributed by atoms with Gasteiger partial charge < -0.3 is 16.2 Å². The lowest BCUT2D eigenvalue weighted by Crippen LogP contribution is -2.35. The summed E-state index contributed by atoms with van der Waals surface area (Å²) in [7, 11) is 0. The van der Waals surface area contributed by atoms with Crippen LogP contribution in [-0.2, 0) is 0 Å². The summed E-state index contributed by atoms with van der Waals surface area (Å²) >= 11 is 0. The van der Waals surface area contributed by atoms with Crippen LogP contribution >= 0.6 is 0 Å². The lowest BCUT2D eigenvalue weighted by atomic mass is 9.85. The maximum absolute atomic E-state index is 9.21. The summed E-state index contributed by atoms with van der Waals surface area (Å²) < 4.78 is 1.65. The minimum Gasteiger partial charge on any atom is -0.396 e. The molecule has 0 aliphatic rings. The Hall–Kier alpha value is -2.22. The molecular weight excluding hydrogens is 270 g/mol. The number of nitrogens with one attached hydrogen (secondary N) is 1. The van der Waals surface area contributed by atoms with Crippen molar-refractivity contribution in [2.75, 3.05) is 17.7 Å². The number of hydrogen-bond acceptors (Lipinski definition) is 7. The molecule has 0 saturated heterocycles. The van der Waals surface area contributed by atoms with Gasteiger partial charge >= 0.3 is 0 Å². The molecule has 2 aromatic rings. The predicted molar refractivity (Wildman–Crippen MR) is 79.9 cm³/mol. The standard InChI is InChI=1S/C13H21N7O/c1-13(2,3)9(4-7-21)16-11-17-10(14)18-12(19-11)20-6-5-15-8-20/h5-6,8-9,21H,4,7H2,1-3H3,(H3,14,16,17,18,19). The number of hydrogen-bond donors (Lipinski definition) is 3. The molecule has 0 spiro atoms. The highest BCUT2D eigenvalue weighted by Gasteiger charge is 2.25. The Labute approximate surface area is 123 Å². The van der Waals surface area contributed by atoms with E-state index >= 15 is 0 Å². The first-order valence-electron chi connectivity index (χ1n) is 6.77. The number of nitrogens with zero attached hydrogens (tertiary/aromatic N) is 5. The average molecular weight is 291 g/mol. The molecule has 8 heteroatoms. The van der Waals surface area contributed by atoms with E-state index < -0.39 is 0 Å². The maximum Gasteiger partial charge on any atom is 0.241 e. The molecule has 8 nitrogen and oxygen atoms in total. The Bertz CT molecular complexity index is 577. The zero-order chi connectivity index (χ0) is 15.5. The minimum atomic E-state index is -0.0563. The molecule has 0 amide bonds. The van der Waals surface area contributed by atoms with E-state index in [9.17, 15) is 5.11 Å². The fourth-order valence-corrected chi connectivity index (χ4v) is 1.94. The van der Waals surface area contributed by atoms with E-state index in [0.29, 0.717) is 18.3 Å². The summed E-state index contributed by atoms with van der Waals surface area (Å²) in [5.41, 5.74) is 5.68. The summed E-state index contributed by atoms with van der Waals surface area (Å²) in [4.78, 5) is 16.5. The van der Waals surface area contributed by atoms with Crippen LogP contribution in [0.2, 0.25) is 0 Å². The summed E-state index contributed by atoms with van der Waals surface area (Å²) in [6.07, 6.45) is 5.55. The second kappa shape index (κ2) is 6.04. The number of rotatable bonds is 5. The number of nitrogens with two attached hydrogens (primary N) is 1. The van der Waals surface area contributed by atoms with Gasteiger partial charge in [-0.05, 0) is 11.8 Å². The molecule has 0 radical (unpaired) electrons. The molecule has 1 atom stereocenters. The quantitative estimate of drug-likeness (QED) is 0.748. The van der Waals surface area contributed by atoms with Gasteiger partial charge in [-0.15, -0.1) is 0 Å². The van der Waals surface area contributed by atoms with Crippen LogP contribution in [0.5, 0.6) is 0 Å². The highest BCUT2D eigenvalue weighted by atomic mass is 16.3. The van der Waals surface area contributed by atoms with Crippen molar-refractivity contribution in [1.29, 1.82) is 0 Å². The van der Waals surface area contributed by atoms with Crippen molar-refractivity contribution < 1.29 is 5.11 Å². The van der Waals surface area contributed by atoms with Crippen LogP contribution in [0.1, 0.15) is 27.2 Å². The number of imidazole rings is 1. The van der Waals surface area contributed by atoms with Gasteiger partial charge in [-0.3, -0.25) is 4.57 Å². The maximum atomic E-state index is 9.21. The fourth-order valence-electron chi connectivity index (χ4n) is 1.94. The molecule has 2 aromatic heterocycles. The fraction of sp³-hybridized carbons (Fsp3) is 0.538. The van der Waals surface area contributed by atoms with Crippen molar-refractivity contribution in [3.05, 3.63) is 18.7 Å². The van der Waals surface area contributed by atoms with E-state index in [1.807, 2.05) is 0 Å². The normalized spacial score (nSPS) is 13.1. The Morgan fingerprint density at radius 3 is 2.67 bits per heavy atom. The Morgan fingerprint density at radius 1 is 1.33 bits per heavy atom. The van der Waals surface area contributed by atoms with Crippen LogP contribution in [0.4, 0.5) is 11.9 Å². The summed E-state index contributed by atoms with van der Waals surface area (Å²) in [6, 6.07) is 0.0138. The Kier molecular flexibility index (Phi) is 4.37. The molecule has 0 aliphatic heterocycles. The van der Waals surface area contributed by atoms with Crippen LogP contribution in [0.3, 0.4) is 0 Å². The van der Waals surface area contributed by atoms with Crippen LogP contribution in [-0.4, -0.2) is 42.3 Å². The Balaban J connectivity index is 2.27. The third kappa shape index (κ3) is 3.88.